The summed E-state index contributed by atoms with van der Waals surface area (Å²) in [6, 6.07) is 8.50. The SMILES string of the molecule is CN=C(NCCS(=O)(=O)c1ccccc1)N(C)Cc1cn(C)nc1C(C)C.I. The molecular formula is C19H30IN5O2S. The Morgan fingerprint density at radius 3 is 2.50 bits per heavy atom. The fraction of sp³-hybridized carbons (Fsp3) is 0.474. The van der Waals surface area contributed by atoms with E-state index in [1.165, 1.54) is 0 Å². The van der Waals surface area contributed by atoms with Gasteiger partial charge in [-0.2, -0.15) is 5.10 Å². The molecule has 0 bridgehead atoms. The number of hydrogen-bond donors (Lipinski definition) is 1. The van der Waals surface area contributed by atoms with Crippen LogP contribution in [0.15, 0.2) is 46.4 Å². The van der Waals surface area contributed by atoms with Gasteiger partial charge in [0, 0.05) is 46.0 Å². The van der Waals surface area contributed by atoms with E-state index < -0.39 is 9.84 Å². The topological polar surface area (TPSA) is 79.6 Å². The molecule has 1 N–H and O–H groups in total. The maximum Gasteiger partial charge on any atom is 0.193 e. The molecule has 0 aliphatic carbocycles. The quantitative estimate of drug-likeness (QED) is 0.346. The van der Waals surface area contributed by atoms with Crippen LogP contribution in [0.4, 0.5) is 0 Å². The highest BCUT2D eigenvalue weighted by atomic mass is 127. The second-order valence-electron chi connectivity index (χ2n) is 6.83. The third-order valence-corrected chi connectivity index (χ3v) is 5.95. The maximum absolute atomic E-state index is 12.4. The molecule has 0 spiro atoms. The van der Waals surface area contributed by atoms with Gasteiger partial charge in [-0.15, -0.1) is 24.0 Å². The van der Waals surface area contributed by atoms with Gasteiger partial charge < -0.3 is 10.2 Å². The van der Waals surface area contributed by atoms with Crippen LogP contribution in [0.25, 0.3) is 0 Å². The minimum absolute atomic E-state index is 0. The van der Waals surface area contributed by atoms with E-state index in [4.69, 9.17) is 0 Å². The summed E-state index contributed by atoms with van der Waals surface area (Å²) in [6.45, 7) is 5.17. The highest BCUT2D eigenvalue weighted by Crippen LogP contribution is 2.18. The van der Waals surface area contributed by atoms with E-state index in [1.54, 1.807) is 37.4 Å². The van der Waals surface area contributed by atoms with Crippen LogP contribution >= 0.6 is 24.0 Å². The van der Waals surface area contributed by atoms with Crippen molar-refractivity contribution in [1.29, 1.82) is 0 Å². The number of aromatic nitrogens is 2. The molecule has 1 heterocycles. The first-order valence-electron chi connectivity index (χ1n) is 8.96. The van der Waals surface area contributed by atoms with E-state index in [9.17, 15) is 8.42 Å². The number of benzene rings is 1. The monoisotopic (exact) mass is 519 g/mol. The summed E-state index contributed by atoms with van der Waals surface area (Å²) < 4.78 is 26.6. The molecule has 0 aliphatic rings. The van der Waals surface area contributed by atoms with Crippen molar-refractivity contribution in [3.63, 3.8) is 0 Å². The fourth-order valence-corrected chi connectivity index (χ4v) is 4.10. The molecule has 0 radical (unpaired) electrons. The Morgan fingerprint density at radius 2 is 1.93 bits per heavy atom. The van der Waals surface area contributed by atoms with Gasteiger partial charge in [-0.1, -0.05) is 32.0 Å². The molecule has 0 unspecified atom stereocenters. The Hall–Kier alpha value is -1.62. The number of aliphatic imine (C=N–C) groups is 1. The predicted molar refractivity (Wildman–Crippen MR) is 124 cm³/mol. The van der Waals surface area contributed by atoms with Crippen molar-refractivity contribution in [2.45, 2.75) is 31.2 Å². The molecule has 0 atom stereocenters. The van der Waals surface area contributed by atoms with Crippen molar-refractivity contribution in [3.8, 4) is 0 Å². The molecule has 0 saturated heterocycles. The maximum atomic E-state index is 12.4. The molecular weight excluding hydrogens is 489 g/mol. The smallest absolute Gasteiger partial charge is 0.193 e. The number of nitrogens with one attached hydrogen (secondary N) is 1. The average molecular weight is 519 g/mol. The van der Waals surface area contributed by atoms with Crippen LogP contribution < -0.4 is 5.32 Å². The van der Waals surface area contributed by atoms with E-state index in [1.807, 2.05) is 29.9 Å². The van der Waals surface area contributed by atoms with E-state index in [2.05, 4.69) is 29.3 Å². The minimum Gasteiger partial charge on any atom is -0.355 e. The normalized spacial score (nSPS) is 12.0. The van der Waals surface area contributed by atoms with Gasteiger partial charge in [-0.25, -0.2) is 8.42 Å². The van der Waals surface area contributed by atoms with Crippen molar-refractivity contribution < 1.29 is 8.42 Å². The zero-order chi connectivity index (χ0) is 20.0. The molecule has 2 aromatic rings. The van der Waals surface area contributed by atoms with Gasteiger partial charge >= 0.3 is 0 Å². The molecule has 0 saturated carbocycles. The van der Waals surface area contributed by atoms with E-state index in [0.29, 0.717) is 23.3 Å². The molecule has 0 aliphatic heterocycles. The number of hydrogen-bond acceptors (Lipinski definition) is 4. The molecule has 0 amide bonds. The first kappa shape index (κ1) is 24.4. The lowest BCUT2D eigenvalue weighted by atomic mass is 10.1. The molecule has 2 rings (SSSR count). The van der Waals surface area contributed by atoms with Crippen molar-refractivity contribution in [3.05, 3.63) is 47.8 Å². The van der Waals surface area contributed by atoms with Crippen molar-refractivity contribution in [2.75, 3.05) is 26.4 Å². The second-order valence-corrected chi connectivity index (χ2v) is 8.94. The fourth-order valence-electron chi connectivity index (χ4n) is 2.92. The minimum atomic E-state index is -3.31. The molecule has 156 valence electrons. The Bertz CT molecular complexity index is 879. The van der Waals surface area contributed by atoms with Crippen LogP contribution in [0, 0.1) is 0 Å². The van der Waals surface area contributed by atoms with Crippen LogP contribution in [0.1, 0.15) is 31.0 Å². The Morgan fingerprint density at radius 1 is 1.29 bits per heavy atom. The summed E-state index contributed by atoms with van der Waals surface area (Å²) in [5.41, 5.74) is 2.20. The van der Waals surface area contributed by atoms with E-state index in [-0.39, 0.29) is 36.3 Å². The Balaban J connectivity index is 0.00000392. The summed E-state index contributed by atoms with van der Waals surface area (Å²) >= 11 is 0. The standard InChI is InChI=1S/C19H29N5O2S.HI/c1-15(2)18-16(14-24(5)22-18)13-23(4)19(20-3)21-11-12-27(25,26)17-9-7-6-8-10-17;/h6-10,14-15H,11-13H2,1-5H3,(H,20,21);1H. The van der Waals surface area contributed by atoms with Crippen LogP contribution in [0.3, 0.4) is 0 Å². The summed E-state index contributed by atoms with van der Waals surface area (Å²) in [5.74, 6) is 0.992. The van der Waals surface area contributed by atoms with Crippen molar-refractivity contribution in [1.82, 2.24) is 20.0 Å². The third kappa shape index (κ3) is 6.47. The zero-order valence-electron chi connectivity index (χ0n) is 17.1. The number of halogens is 1. The molecule has 28 heavy (non-hydrogen) atoms. The van der Waals surface area contributed by atoms with Gasteiger partial charge in [0.25, 0.3) is 0 Å². The Kier molecular flexibility index (Phi) is 9.42. The highest BCUT2D eigenvalue weighted by Gasteiger charge is 2.17. The number of nitrogens with zero attached hydrogens (tertiary/aromatic N) is 4. The van der Waals surface area contributed by atoms with Crippen LogP contribution in [0.2, 0.25) is 0 Å². The first-order valence-corrected chi connectivity index (χ1v) is 10.6. The molecule has 1 aromatic heterocycles. The molecule has 1 aromatic carbocycles. The lowest BCUT2D eigenvalue weighted by molar-refractivity contribution is 0.475. The van der Waals surface area contributed by atoms with Crippen molar-refractivity contribution in [2.24, 2.45) is 12.0 Å². The van der Waals surface area contributed by atoms with E-state index >= 15 is 0 Å². The second kappa shape index (κ2) is 10.8. The Labute approximate surface area is 185 Å². The van der Waals surface area contributed by atoms with Crippen LogP contribution in [0.5, 0.6) is 0 Å². The number of rotatable bonds is 7. The summed E-state index contributed by atoms with van der Waals surface area (Å²) in [5, 5.41) is 7.67. The summed E-state index contributed by atoms with van der Waals surface area (Å²) in [6.07, 6.45) is 2.01. The average Bonchev–Trinajstić information content (AvgIpc) is 3.00. The number of aryl methyl sites for hydroxylation is 1. The molecule has 7 nitrogen and oxygen atoms in total. The van der Waals surface area contributed by atoms with Gasteiger partial charge in [0.05, 0.1) is 16.3 Å². The summed E-state index contributed by atoms with van der Waals surface area (Å²) in [7, 11) is 2.22. The largest absolute Gasteiger partial charge is 0.355 e. The predicted octanol–water partition coefficient (Wildman–Crippen LogP) is 2.64. The van der Waals surface area contributed by atoms with Gasteiger partial charge in [-0.05, 0) is 18.1 Å². The zero-order valence-corrected chi connectivity index (χ0v) is 20.2. The lowest BCUT2D eigenvalue weighted by Crippen LogP contribution is -2.40. The molecule has 0 fully saturated rings. The van der Waals surface area contributed by atoms with E-state index in [0.717, 1.165) is 11.3 Å². The van der Waals surface area contributed by atoms with Crippen LogP contribution in [-0.4, -0.2) is 55.5 Å². The lowest BCUT2D eigenvalue weighted by Gasteiger charge is -2.22. The summed E-state index contributed by atoms with van der Waals surface area (Å²) in [4.78, 5) is 6.58. The molecule has 9 heteroatoms. The van der Waals surface area contributed by atoms with Gasteiger partial charge in [-0.3, -0.25) is 9.67 Å². The van der Waals surface area contributed by atoms with Gasteiger partial charge in [0.2, 0.25) is 0 Å². The number of sulfone groups is 1. The van der Waals surface area contributed by atoms with Crippen LogP contribution in [-0.2, 0) is 23.4 Å². The highest BCUT2D eigenvalue weighted by molar-refractivity contribution is 14.0. The first-order chi connectivity index (χ1) is 12.7. The van der Waals surface area contributed by atoms with Crippen molar-refractivity contribution >= 4 is 39.8 Å². The van der Waals surface area contributed by atoms with Gasteiger partial charge in [0.1, 0.15) is 0 Å². The third-order valence-electron chi connectivity index (χ3n) is 4.22. The number of guanidine groups is 1. The van der Waals surface area contributed by atoms with Gasteiger partial charge in [0.15, 0.2) is 15.8 Å².